The zero-order valence-electron chi connectivity index (χ0n) is 23.1. The number of terminal acetylenes is 1. The van der Waals surface area contributed by atoms with Crippen molar-refractivity contribution in [1.82, 2.24) is 10.2 Å². The normalized spacial score (nSPS) is 12.5. The van der Waals surface area contributed by atoms with Crippen LogP contribution in [0.2, 0.25) is 0 Å². The molecule has 38 heavy (non-hydrogen) atoms. The third kappa shape index (κ3) is 8.45. The molecule has 0 fully saturated rings. The third-order valence-corrected chi connectivity index (χ3v) is 6.30. The van der Waals surface area contributed by atoms with Gasteiger partial charge in [-0.1, -0.05) is 24.6 Å². The molecule has 0 radical (unpaired) electrons. The van der Waals surface area contributed by atoms with Crippen LogP contribution in [-0.2, 0) is 14.3 Å². The molecule has 9 heteroatoms. The van der Waals surface area contributed by atoms with Crippen molar-refractivity contribution in [2.24, 2.45) is 0 Å². The molecule has 0 aliphatic rings. The Morgan fingerprint density at radius 2 is 1.68 bits per heavy atom. The minimum Gasteiger partial charge on any atom is -0.497 e. The molecule has 2 N–H and O–H groups in total. The predicted molar refractivity (Wildman–Crippen MR) is 152 cm³/mol. The standard InChI is InChI=1S/C29H37N3O5S/c1-9-32(27(34)23(17-18-38-8)31-28(35)37-29(4,5)6)25(24-19(2)11-10-12-20(24)3)26(33)30-21-13-15-22(36-7)16-14-21/h1,10-16,23,25H,17-18H2,2-8H3,(H,30,33)(H,31,35). The SMILES string of the molecule is C#CN(C(=O)C(CCSC)NC(=O)OC(C)(C)C)C(C(=O)Nc1ccc(OC)cc1)c1c(C)cccc1C. The molecule has 0 saturated carbocycles. The zero-order chi connectivity index (χ0) is 28.5. The number of carbonyl (C=O) groups is 3. The minimum absolute atomic E-state index is 0.303. The number of ether oxygens (including phenoxy) is 2. The molecule has 0 aliphatic carbocycles. The highest BCUT2D eigenvalue weighted by Gasteiger charge is 2.37. The molecule has 2 aromatic carbocycles. The number of alkyl carbamates (subject to hydrolysis) is 1. The summed E-state index contributed by atoms with van der Waals surface area (Å²) >= 11 is 1.52. The van der Waals surface area contributed by atoms with Crippen molar-refractivity contribution in [2.75, 3.05) is 24.4 Å². The van der Waals surface area contributed by atoms with Crippen molar-refractivity contribution in [2.45, 2.75) is 58.7 Å². The summed E-state index contributed by atoms with van der Waals surface area (Å²) in [6.07, 6.45) is 7.35. The summed E-state index contributed by atoms with van der Waals surface area (Å²) < 4.78 is 10.6. The molecule has 0 saturated heterocycles. The van der Waals surface area contributed by atoms with Crippen molar-refractivity contribution < 1.29 is 23.9 Å². The van der Waals surface area contributed by atoms with Crippen LogP contribution in [0.25, 0.3) is 0 Å². The van der Waals surface area contributed by atoms with Crippen LogP contribution >= 0.6 is 11.8 Å². The first-order valence-corrected chi connectivity index (χ1v) is 13.6. The second kappa shape index (κ2) is 13.8. The number of thioether (sulfide) groups is 1. The van der Waals surface area contributed by atoms with Crippen LogP contribution < -0.4 is 15.4 Å². The van der Waals surface area contributed by atoms with Gasteiger partial charge in [-0.25, -0.2) is 4.79 Å². The molecule has 0 bridgehead atoms. The number of nitrogens with one attached hydrogen (secondary N) is 2. The number of hydrogen-bond acceptors (Lipinski definition) is 6. The van der Waals surface area contributed by atoms with E-state index < -0.39 is 35.6 Å². The Morgan fingerprint density at radius 3 is 2.18 bits per heavy atom. The lowest BCUT2D eigenvalue weighted by Gasteiger charge is -2.31. The van der Waals surface area contributed by atoms with Crippen LogP contribution in [0.15, 0.2) is 42.5 Å². The molecular weight excluding hydrogens is 502 g/mol. The van der Waals surface area contributed by atoms with Gasteiger partial charge >= 0.3 is 6.09 Å². The van der Waals surface area contributed by atoms with E-state index in [-0.39, 0.29) is 0 Å². The lowest BCUT2D eigenvalue weighted by molar-refractivity contribution is -0.136. The van der Waals surface area contributed by atoms with Crippen LogP contribution in [0, 0.1) is 26.3 Å². The van der Waals surface area contributed by atoms with Crippen LogP contribution in [0.4, 0.5) is 10.5 Å². The van der Waals surface area contributed by atoms with Gasteiger partial charge in [0.25, 0.3) is 11.8 Å². The maximum atomic E-state index is 13.9. The molecule has 0 aromatic heterocycles. The fourth-order valence-electron chi connectivity index (χ4n) is 3.90. The van der Waals surface area contributed by atoms with Crippen molar-refractivity contribution in [3.8, 4) is 18.2 Å². The molecule has 8 nitrogen and oxygen atoms in total. The Labute approximate surface area is 229 Å². The Bertz CT molecular complexity index is 1150. The summed E-state index contributed by atoms with van der Waals surface area (Å²) in [5.74, 6) is 0.153. The second-order valence-electron chi connectivity index (χ2n) is 9.74. The number of aryl methyl sites for hydroxylation is 2. The van der Waals surface area contributed by atoms with Crippen molar-refractivity contribution in [1.29, 1.82) is 0 Å². The number of methoxy groups -OCH3 is 1. The third-order valence-electron chi connectivity index (χ3n) is 5.66. The molecule has 2 atom stereocenters. The molecule has 2 aromatic rings. The fourth-order valence-corrected chi connectivity index (χ4v) is 4.37. The molecule has 0 aliphatic heterocycles. The van der Waals surface area contributed by atoms with E-state index in [1.54, 1.807) is 52.1 Å². The molecule has 0 spiro atoms. The quantitative estimate of drug-likeness (QED) is 0.324. The molecular formula is C29H37N3O5S. The number of nitrogens with zero attached hydrogens (tertiary/aromatic N) is 1. The van der Waals surface area contributed by atoms with E-state index in [4.69, 9.17) is 15.9 Å². The van der Waals surface area contributed by atoms with Gasteiger partial charge in [-0.05, 0) is 94.0 Å². The van der Waals surface area contributed by atoms with E-state index in [2.05, 4.69) is 16.7 Å². The van der Waals surface area contributed by atoms with Crippen LogP contribution in [0.5, 0.6) is 5.75 Å². The number of carbonyl (C=O) groups excluding carboxylic acids is 3. The fraction of sp³-hybridized carbons (Fsp3) is 0.414. The number of amides is 3. The summed E-state index contributed by atoms with van der Waals surface area (Å²) in [4.78, 5) is 41.3. The lowest BCUT2D eigenvalue weighted by atomic mass is 9.93. The van der Waals surface area contributed by atoms with E-state index in [9.17, 15) is 14.4 Å². The van der Waals surface area contributed by atoms with Crippen LogP contribution in [-0.4, -0.2) is 53.6 Å². The highest BCUT2D eigenvalue weighted by atomic mass is 32.2. The van der Waals surface area contributed by atoms with Crippen molar-refractivity contribution in [3.05, 3.63) is 59.2 Å². The van der Waals surface area contributed by atoms with Gasteiger partial charge in [0, 0.05) is 11.7 Å². The summed E-state index contributed by atoms with van der Waals surface area (Å²) in [5.41, 5.74) is 1.98. The van der Waals surface area contributed by atoms with E-state index in [0.29, 0.717) is 29.2 Å². The molecule has 204 valence electrons. The Balaban J connectivity index is 2.50. The maximum absolute atomic E-state index is 13.9. The lowest BCUT2D eigenvalue weighted by Crippen LogP contribution is -2.51. The average Bonchev–Trinajstić information content (AvgIpc) is 2.85. The Morgan fingerprint density at radius 1 is 1.08 bits per heavy atom. The first kappa shape index (κ1) is 30.6. The zero-order valence-corrected chi connectivity index (χ0v) is 23.9. The van der Waals surface area contributed by atoms with Crippen LogP contribution in [0.3, 0.4) is 0 Å². The van der Waals surface area contributed by atoms with Gasteiger partial charge in [0.15, 0.2) is 0 Å². The molecule has 2 unspecified atom stereocenters. The molecule has 3 amide bonds. The van der Waals surface area contributed by atoms with Gasteiger partial charge in [0.1, 0.15) is 23.4 Å². The summed E-state index contributed by atoms with van der Waals surface area (Å²) in [6.45, 7) is 8.93. The average molecular weight is 540 g/mol. The van der Waals surface area contributed by atoms with Gasteiger partial charge in [0.2, 0.25) is 0 Å². The number of rotatable bonds is 10. The second-order valence-corrected chi connectivity index (χ2v) is 10.7. The summed E-state index contributed by atoms with van der Waals surface area (Å²) in [7, 11) is 1.56. The van der Waals surface area contributed by atoms with Crippen molar-refractivity contribution >= 4 is 35.4 Å². The summed E-state index contributed by atoms with van der Waals surface area (Å²) in [6, 6.07) is 12.7. The largest absolute Gasteiger partial charge is 0.497 e. The topological polar surface area (TPSA) is 97.0 Å². The predicted octanol–water partition coefficient (Wildman–Crippen LogP) is 5.06. The monoisotopic (exact) mass is 539 g/mol. The van der Waals surface area contributed by atoms with Gasteiger partial charge in [-0.2, -0.15) is 11.8 Å². The smallest absolute Gasteiger partial charge is 0.408 e. The molecule has 0 heterocycles. The number of benzene rings is 2. The highest BCUT2D eigenvalue weighted by molar-refractivity contribution is 7.98. The van der Waals surface area contributed by atoms with E-state index >= 15 is 0 Å². The van der Waals surface area contributed by atoms with E-state index in [0.717, 1.165) is 16.0 Å². The van der Waals surface area contributed by atoms with E-state index in [1.165, 1.54) is 11.8 Å². The van der Waals surface area contributed by atoms with Gasteiger partial charge in [0.05, 0.1) is 7.11 Å². The van der Waals surface area contributed by atoms with E-state index in [1.807, 2.05) is 38.3 Å². The van der Waals surface area contributed by atoms with Crippen molar-refractivity contribution in [3.63, 3.8) is 0 Å². The number of anilines is 1. The van der Waals surface area contributed by atoms with Gasteiger partial charge in [-0.15, -0.1) is 0 Å². The highest BCUT2D eigenvalue weighted by Crippen LogP contribution is 2.30. The summed E-state index contributed by atoms with van der Waals surface area (Å²) in [5, 5.41) is 5.52. The Kier molecular flexibility index (Phi) is 11.1. The van der Waals surface area contributed by atoms with Gasteiger partial charge in [-0.3, -0.25) is 14.5 Å². The first-order valence-electron chi connectivity index (χ1n) is 12.2. The maximum Gasteiger partial charge on any atom is 0.408 e. The minimum atomic E-state index is -1.15. The van der Waals surface area contributed by atoms with Crippen LogP contribution in [0.1, 0.15) is 49.9 Å². The Hall–Kier alpha value is -3.64. The molecule has 2 rings (SSSR count). The number of hydrogen-bond donors (Lipinski definition) is 2. The first-order chi connectivity index (χ1) is 17.9. The van der Waals surface area contributed by atoms with Gasteiger partial charge < -0.3 is 20.1 Å².